The highest BCUT2D eigenvalue weighted by Crippen LogP contribution is 2.26. The second-order valence-corrected chi connectivity index (χ2v) is 5.80. The van der Waals surface area contributed by atoms with Crippen LogP contribution >= 0.6 is 24.0 Å². The first-order chi connectivity index (χ1) is 11.1. The van der Waals surface area contributed by atoms with Gasteiger partial charge in [0.2, 0.25) is 0 Å². The number of hydrogen-bond acceptors (Lipinski definition) is 3. The number of pyridine rings is 1. The van der Waals surface area contributed by atoms with Gasteiger partial charge in [0, 0.05) is 54.3 Å². The fourth-order valence-electron chi connectivity index (χ4n) is 2.54. The van der Waals surface area contributed by atoms with Crippen LogP contribution in [0.5, 0.6) is 0 Å². The minimum atomic E-state index is 0. The second kappa shape index (κ2) is 7.39. The van der Waals surface area contributed by atoms with Crippen LogP contribution in [0.15, 0.2) is 48.9 Å². The Bertz CT molecular complexity index is 936. The third-order valence-corrected chi connectivity index (χ3v) is 3.86. The van der Waals surface area contributed by atoms with Crippen LogP contribution in [-0.4, -0.2) is 23.6 Å². The lowest BCUT2D eigenvalue weighted by molar-refractivity contribution is 1.11. The van der Waals surface area contributed by atoms with E-state index < -0.39 is 0 Å². The molecule has 0 N–H and O–H groups in total. The molecule has 2 heterocycles. The Labute approximate surface area is 152 Å². The van der Waals surface area contributed by atoms with E-state index in [2.05, 4.69) is 11.1 Å². The number of fused-ring (bicyclic) bond motifs is 1. The van der Waals surface area contributed by atoms with Crippen molar-refractivity contribution in [1.29, 1.82) is 5.26 Å². The summed E-state index contributed by atoms with van der Waals surface area (Å²) in [6.45, 7) is 0. The number of aromatic nitrogens is 2. The van der Waals surface area contributed by atoms with Gasteiger partial charge in [0.15, 0.2) is 0 Å². The lowest BCUT2D eigenvalue weighted by Crippen LogP contribution is -2.10. The highest BCUT2D eigenvalue weighted by Gasteiger charge is 2.08. The van der Waals surface area contributed by atoms with Gasteiger partial charge in [-0.1, -0.05) is 11.6 Å². The van der Waals surface area contributed by atoms with Crippen LogP contribution in [-0.2, 0) is 0 Å². The number of nitrogens with zero attached hydrogens (tertiary/aromatic N) is 4. The van der Waals surface area contributed by atoms with Gasteiger partial charge in [-0.2, -0.15) is 5.26 Å². The van der Waals surface area contributed by atoms with Crippen LogP contribution < -0.4 is 4.90 Å². The van der Waals surface area contributed by atoms with Gasteiger partial charge in [-0.3, -0.25) is 4.98 Å². The van der Waals surface area contributed by atoms with Gasteiger partial charge in [0.1, 0.15) is 11.8 Å². The van der Waals surface area contributed by atoms with E-state index in [-0.39, 0.29) is 12.4 Å². The van der Waals surface area contributed by atoms with E-state index in [4.69, 9.17) is 11.6 Å². The maximum atomic E-state index is 9.60. The predicted octanol–water partition coefficient (Wildman–Crippen LogP) is 4.70. The van der Waals surface area contributed by atoms with Gasteiger partial charge in [-0.05, 0) is 36.4 Å². The fourth-order valence-corrected chi connectivity index (χ4v) is 2.72. The number of anilines is 1. The lowest BCUT2D eigenvalue weighted by Gasteiger charge is -2.15. The molecule has 3 aromatic rings. The molecular weight excluding hydrogens is 343 g/mol. The highest BCUT2D eigenvalue weighted by molar-refractivity contribution is 6.31. The van der Waals surface area contributed by atoms with Crippen LogP contribution in [0, 0.1) is 11.3 Å². The maximum Gasteiger partial charge on any atom is 0.125 e. The molecule has 24 heavy (non-hydrogen) atoms. The van der Waals surface area contributed by atoms with E-state index >= 15 is 0 Å². The molecule has 6 heteroatoms. The molecule has 0 aliphatic rings. The van der Waals surface area contributed by atoms with Gasteiger partial charge < -0.3 is 9.47 Å². The first-order valence-corrected chi connectivity index (χ1v) is 7.48. The number of halogens is 2. The molecule has 0 bridgehead atoms. The zero-order valence-electron chi connectivity index (χ0n) is 13.3. The summed E-state index contributed by atoms with van der Waals surface area (Å²) in [5.41, 5.74) is 3.37. The van der Waals surface area contributed by atoms with Crippen molar-refractivity contribution in [2.24, 2.45) is 0 Å². The molecule has 4 nitrogen and oxygen atoms in total. The normalized spacial score (nSPS) is 11.0. The van der Waals surface area contributed by atoms with Gasteiger partial charge in [0.25, 0.3) is 0 Å². The van der Waals surface area contributed by atoms with E-state index in [1.54, 1.807) is 12.4 Å². The minimum absolute atomic E-state index is 0. The number of allylic oxidation sites excluding steroid dienone is 1. The molecule has 0 spiro atoms. The SMILES string of the molecule is CN(C)c1ccncc1/C=C(/C#N)n1ccc2cc(Cl)ccc21.Cl. The average molecular weight is 359 g/mol. The second-order valence-electron chi connectivity index (χ2n) is 5.36. The van der Waals surface area contributed by atoms with Crippen LogP contribution in [0.3, 0.4) is 0 Å². The summed E-state index contributed by atoms with van der Waals surface area (Å²) >= 11 is 6.02. The van der Waals surface area contributed by atoms with Crippen molar-refractivity contribution in [1.82, 2.24) is 9.55 Å². The zero-order valence-corrected chi connectivity index (χ0v) is 14.8. The summed E-state index contributed by atoms with van der Waals surface area (Å²) in [5.74, 6) is 0. The third-order valence-electron chi connectivity index (χ3n) is 3.63. The van der Waals surface area contributed by atoms with Crippen molar-refractivity contribution in [3.63, 3.8) is 0 Å². The molecule has 3 rings (SSSR count). The lowest BCUT2D eigenvalue weighted by atomic mass is 10.2. The van der Waals surface area contributed by atoms with Crippen LogP contribution in [0.25, 0.3) is 22.7 Å². The van der Waals surface area contributed by atoms with Crippen molar-refractivity contribution < 1.29 is 0 Å². The van der Waals surface area contributed by atoms with Gasteiger partial charge >= 0.3 is 0 Å². The summed E-state index contributed by atoms with van der Waals surface area (Å²) in [5, 5.41) is 11.3. The molecule has 0 atom stereocenters. The topological polar surface area (TPSA) is 44.9 Å². The van der Waals surface area contributed by atoms with Crippen molar-refractivity contribution in [3.8, 4) is 6.07 Å². The quantitative estimate of drug-likeness (QED) is 0.637. The zero-order chi connectivity index (χ0) is 16.4. The predicted molar refractivity (Wildman–Crippen MR) is 103 cm³/mol. The maximum absolute atomic E-state index is 9.60. The number of rotatable bonds is 3. The van der Waals surface area contributed by atoms with Crippen molar-refractivity contribution in [3.05, 3.63) is 59.5 Å². The smallest absolute Gasteiger partial charge is 0.125 e. The number of nitriles is 1. The molecule has 0 radical (unpaired) electrons. The highest BCUT2D eigenvalue weighted by atomic mass is 35.5. The molecule has 2 aromatic heterocycles. The first-order valence-electron chi connectivity index (χ1n) is 7.10. The molecule has 0 fully saturated rings. The Morgan fingerprint density at radius 3 is 2.79 bits per heavy atom. The van der Waals surface area contributed by atoms with Gasteiger partial charge in [0.05, 0.1) is 5.52 Å². The Morgan fingerprint density at radius 2 is 2.08 bits per heavy atom. The Hall–Kier alpha value is -2.48. The molecule has 0 unspecified atom stereocenters. The third kappa shape index (κ3) is 3.38. The molecular formula is C18H16Cl2N4. The van der Waals surface area contributed by atoms with E-state index in [0.29, 0.717) is 10.7 Å². The number of hydrogen-bond donors (Lipinski definition) is 0. The van der Waals surface area contributed by atoms with Crippen LogP contribution in [0.1, 0.15) is 5.56 Å². The van der Waals surface area contributed by atoms with Crippen LogP contribution in [0.2, 0.25) is 5.02 Å². The van der Waals surface area contributed by atoms with Crippen molar-refractivity contribution in [2.45, 2.75) is 0 Å². The minimum Gasteiger partial charge on any atom is -0.377 e. The van der Waals surface area contributed by atoms with E-state index in [9.17, 15) is 5.26 Å². The average Bonchev–Trinajstić information content (AvgIpc) is 2.95. The molecule has 0 saturated carbocycles. The van der Waals surface area contributed by atoms with Gasteiger partial charge in [-0.25, -0.2) is 0 Å². The van der Waals surface area contributed by atoms with Crippen molar-refractivity contribution in [2.75, 3.05) is 19.0 Å². The van der Waals surface area contributed by atoms with Crippen LogP contribution in [0.4, 0.5) is 5.69 Å². The van der Waals surface area contributed by atoms with Crippen molar-refractivity contribution >= 4 is 52.4 Å². The summed E-state index contributed by atoms with van der Waals surface area (Å²) in [7, 11) is 3.93. The fraction of sp³-hybridized carbons (Fsp3) is 0.111. The van der Waals surface area contributed by atoms with E-state index in [1.807, 2.05) is 66.2 Å². The largest absolute Gasteiger partial charge is 0.377 e. The summed E-state index contributed by atoms with van der Waals surface area (Å²) < 4.78 is 1.86. The van der Waals surface area contributed by atoms with E-state index in [1.165, 1.54) is 0 Å². The number of benzene rings is 1. The molecule has 1 aromatic carbocycles. The summed E-state index contributed by atoms with van der Waals surface area (Å²) in [6.07, 6.45) is 7.22. The Balaban J connectivity index is 0.00000208. The molecule has 122 valence electrons. The summed E-state index contributed by atoms with van der Waals surface area (Å²) in [4.78, 5) is 6.16. The molecule has 0 aliphatic heterocycles. The van der Waals surface area contributed by atoms with Gasteiger partial charge in [-0.15, -0.1) is 12.4 Å². The Morgan fingerprint density at radius 1 is 1.29 bits per heavy atom. The summed E-state index contributed by atoms with van der Waals surface area (Å²) in [6, 6.07) is 11.8. The molecule has 0 aliphatic carbocycles. The molecule has 0 amide bonds. The standard InChI is InChI=1S/C18H15ClN4.ClH/c1-22(2)17-5-7-21-12-14(17)10-16(11-20)23-8-6-13-9-15(19)3-4-18(13)23;/h3-10,12H,1-2H3;1H/b16-10-;. The monoisotopic (exact) mass is 358 g/mol. The first kappa shape index (κ1) is 17.9. The Kier molecular flexibility index (Phi) is 5.50. The molecule has 0 saturated heterocycles. The van der Waals surface area contributed by atoms with E-state index in [0.717, 1.165) is 22.2 Å².